The zero-order valence-corrected chi connectivity index (χ0v) is 22.9. The van der Waals surface area contributed by atoms with Gasteiger partial charge in [0, 0.05) is 12.5 Å². The average Bonchev–Trinajstić information content (AvgIpc) is 3.01. The lowest BCUT2D eigenvalue weighted by Crippen LogP contribution is -2.67. The first kappa shape index (κ1) is 28.9. The Hall–Kier alpha value is -3.60. The number of ether oxygens (including phenoxy) is 6. The van der Waals surface area contributed by atoms with Gasteiger partial charge in [0.1, 0.15) is 31.0 Å². The van der Waals surface area contributed by atoms with Gasteiger partial charge in [-0.05, 0) is 11.1 Å². The second kappa shape index (κ2) is 14.3. The van der Waals surface area contributed by atoms with Crippen LogP contribution in [0.3, 0.4) is 0 Å². The maximum absolute atomic E-state index is 12.5. The largest absolute Gasteiger partial charge is 0.461 e. The van der Waals surface area contributed by atoms with Gasteiger partial charge in [0.15, 0.2) is 12.6 Å². The Labute approximate surface area is 239 Å². The third kappa shape index (κ3) is 8.00. The standard InChI is InChI=1S/C32H35NO8/c1-22(34)33-28-30(36-18-17-27(35)37-19-23-11-5-2-6-12-23)29-26(21-39-31(41-29)25-15-9-4-10-16-25)40-32(28)38-20-24-13-7-3-8-14-24/h2-16,26,28-32H,17-21H2,1H3,(H,33,34). The molecule has 0 bridgehead atoms. The predicted octanol–water partition coefficient (Wildman–Crippen LogP) is 4.07. The van der Waals surface area contributed by atoms with Crippen molar-refractivity contribution in [3.63, 3.8) is 0 Å². The van der Waals surface area contributed by atoms with Crippen LogP contribution in [0.1, 0.15) is 36.3 Å². The second-order valence-electron chi connectivity index (χ2n) is 9.97. The molecule has 2 saturated heterocycles. The van der Waals surface area contributed by atoms with Crippen LogP contribution in [0.5, 0.6) is 0 Å². The third-order valence-corrected chi connectivity index (χ3v) is 6.90. The zero-order valence-electron chi connectivity index (χ0n) is 22.9. The minimum atomic E-state index is -0.837. The van der Waals surface area contributed by atoms with E-state index < -0.39 is 36.9 Å². The van der Waals surface area contributed by atoms with E-state index in [4.69, 9.17) is 28.4 Å². The number of carbonyl (C=O) groups is 2. The molecule has 6 atom stereocenters. The minimum Gasteiger partial charge on any atom is -0.461 e. The second-order valence-corrected chi connectivity index (χ2v) is 9.97. The van der Waals surface area contributed by atoms with E-state index in [-0.39, 0.29) is 44.7 Å². The Bertz CT molecular complexity index is 1240. The normalized spacial score (nSPS) is 25.6. The van der Waals surface area contributed by atoms with Crippen molar-refractivity contribution in [2.24, 2.45) is 0 Å². The fourth-order valence-electron chi connectivity index (χ4n) is 4.92. The van der Waals surface area contributed by atoms with Crippen LogP contribution in [0.15, 0.2) is 91.0 Å². The van der Waals surface area contributed by atoms with Gasteiger partial charge in [-0.25, -0.2) is 0 Å². The Morgan fingerprint density at radius 2 is 1.46 bits per heavy atom. The van der Waals surface area contributed by atoms with E-state index in [9.17, 15) is 9.59 Å². The fraction of sp³-hybridized carbons (Fsp3) is 0.375. The molecule has 216 valence electrons. The molecule has 1 N–H and O–H groups in total. The number of fused-ring (bicyclic) bond motifs is 1. The molecule has 2 aliphatic heterocycles. The van der Waals surface area contributed by atoms with Gasteiger partial charge in [-0.3, -0.25) is 9.59 Å². The highest BCUT2D eigenvalue weighted by Gasteiger charge is 2.51. The number of nitrogens with one attached hydrogen (secondary N) is 1. The van der Waals surface area contributed by atoms with E-state index in [0.29, 0.717) is 0 Å². The van der Waals surface area contributed by atoms with Crippen molar-refractivity contribution in [1.82, 2.24) is 5.32 Å². The highest BCUT2D eigenvalue weighted by molar-refractivity contribution is 5.73. The first-order valence-corrected chi connectivity index (χ1v) is 13.8. The van der Waals surface area contributed by atoms with E-state index in [1.54, 1.807) is 0 Å². The smallest absolute Gasteiger partial charge is 0.308 e. The van der Waals surface area contributed by atoms with E-state index in [2.05, 4.69) is 5.32 Å². The minimum absolute atomic E-state index is 0.0303. The number of hydrogen-bond acceptors (Lipinski definition) is 8. The van der Waals surface area contributed by atoms with Crippen LogP contribution in [-0.4, -0.2) is 55.7 Å². The SMILES string of the molecule is CC(=O)NC1C(OCc2ccccc2)OC2COC(c3ccccc3)OC2C1OCCC(=O)OCc1ccccc1. The van der Waals surface area contributed by atoms with Crippen LogP contribution in [0, 0.1) is 0 Å². The molecule has 0 saturated carbocycles. The molecule has 0 spiro atoms. The van der Waals surface area contributed by atoms with Crippen molar-refractivity contribution in [2.75, 3.05) is 13.2 Å². The number of hydrogen-bond donors (Lipinski definition) is 1. The van der Waals surface area contributed by atoms with Gasteiger partial charge in [-0.1, -0.05) is 91.0 Å². The lowest BCUT2D eigenvalue weighted by Gasteiger charge is -2.49. The van der Waals surface area contributed by atoms with Crippen LogP contribution in [0.25, 0.3) is 0 Å². The van der Waals surface area contributed by atoms with Gasteiger partial charge in [-0.15, -0.1) is 0 Å². The molecule has 2 fully saturated rings. The fourth-order valence-corrected chi connectivity index (χ4v) is 4.92. The van der Waals surface area contributed by atoms with Crippen molar-refractivity contribution in [2.45, 2.75) is 63.5 Å². The third-order valence-electron chi connectivity index (χ3n) is 6.90. The number of esters is 1. The number of carbonyl (C=O) groups excluding carboxylic acids is 2. The molecule has 1 amide bonds. The molecule has 9 nitrogen and oxygen atoms in total. The summed E-state index contributed by atoms with van der Waals surface area (Å²) in [6.45, 7) is 2.18. The maximum Gasteiger partial charge on any atom is 0.308 e. The van der Waals surface area contributed by atoms with Gasteiger partial charge in [0.25, 0.3) is 0 Å². The van der Waals surface area contributed by atoms with Gasteiger partial charge in [0.05, 0.1) is 26.2 Å². The first-order valence-electron chi connectivity index (χ1n) is 13.8. The quantitative estimate of drug-likeness (QED) is 0.350. The molecule has 41 heavy (non-hydrogen) atoms. The van der Waals surface area contributed by atoms with E-state index >= 15 is 0 Å². The number of amides is 1. The molecule has 3 aromatic carbocycles. The van der Waals surface area contributed by atoms with Crippen LogP contribution < -0.4 is 5.32 Å². The summed E-state index contributed by atoms with van der Waals surface area (Å²) in [5, 5.41) is 2.94. The monoisotopic (exact) mass is 561 g/mol. The van der Waals surface area contributed by atoms with Gasteiger partial charge < -0.3 is 33.7 Å². The summed E-state index contributed by atoms with van der Waals surface area (Å²) < 4.78 is 36.6. The van der Waals surface area contributed by atoms with Crippen molar-refractivity contribution < 1.29 is 38.0 Å². The molecule has 6 unspecified atom stereocenters. The summed E-state index contributed by atoms with van der Waals surface area (Å²) >= 11 is 0. The molecule has 0 aromatic heterocycles. The van der Waals surface area contributed by atoms with Crippen LogP contribution in [0.4, 0.5) is 0 Å². The summed E-state index contributed by atoms with van der Waals surface area (Å²) in [5.41, 5.74) is 2.71. The summed E-state index contributed by atoms with van der Waals surface area (Å²) in [5.74, 6) is -0.659. The van der Waals surface area contributed by atoms with Crippen LogP contribution >= 0.6 is 0 Å². The number of benzene rings is 3. The molecule has 2 aliphatic rings. The Morgan fingerprint density at radius 1 is 0.829 bits per heavy atom. The Morgan fingerprint density at radius 3 is 2.12 bits per heavy atom. The lowest BCUT2D eigenvalue weighted by atomic mass is 9.95. The molecule has 0 radical (unpaired) electrons. The molecule has 0 aliphatic carbocycles. The predicted molar refractivity (Wildman–Crippen MR) is 148 cm³/mol. The van der Waals surface area contributed by atoms with Crippen molar-refractivity contribution in [3.05, 3.63) is 108 Å². The van der Waals surface area contributed by atoms with Crippen molar-refractivity contribution >= 4 is 11.9 Å². The van der Waals surface area contributed by atoms with Crippen LogP contribution in [-0.2, 0) is 51.2 Å². The molecular formula is C32H35NO8. The summed E-state index contributed by atoms with van der Waals surface area (Å²) in [4.78, 5) is 24.8. The van der Waals surface area contributed by atoms with Crippen molar-refractivity contribution in [3.8, 4) is 0 Å². The van der Waals surface area contributed by atoms with Crippen LogP contribution in [0.2, 0.25) is 0 Å². The highest BCUT2D eigenvalue weighted by atomic mass is 16.7. The zero-order chi connectivity index (χ0) is 28.4. The molecular weight excluding hydrogens is 526 g/mol. The van der Waals surface area contributed by atoms with E-state index in [1.165, 1.54) is 6.92 Å². The first-order chi connectivity index (χ1) is 20.1. The molecule has 2 heterocycles. The Balaban J connectivity index is 1.29. The highest BCUT2D eigenvalue weighted by Crippen LogP contribution is 2.36. The number of rotatable bonds is 11. The van der Waals surface area contributed by atoms with E-state index in [0.717, 1.165) is 16.7 Å². The maximum atomic E-state index is 12.5. The average molecular weight is 562 g/mol. The summed E-state index contributed by atoms with van der Waals surface area (Å²) in [7, 11) is 0. The topological polar surface area (TPSA) is 102 Å². The lowest BCUT2D eigenvalue weighted by molar-refractivity contribution is -0.349. The van der Waals surface area contributed by atoms with Gasteiger partial charge in [-0.2, -0.15) is 0 Å². The summed E-state index contributed by atoms with van der Waals surface area (Å²) in [6.07, 6.45) is -3.24. The summed E-state index contributed by atoms with van der Waals surface area (Å²) in [6, 6.07) is 28.0. The molecule has 3 aromatic rings. The van der Waals surface area contributed by atoms with Gasteiger partial charge >= 0.3 is 5.97 Å². The van der Waals surface area contributed by atoms with Crippen molar-refractivity contribution in [1.29, 1.82) is 0 Å². The van der Waals surface area contributed by atoms with Gasteiger partial charge in [0.2, 0.25) is 5.91 Å². The van der Waals surface area contributed by atoms with E-state index in [1.807, 2.05) is 91.0 Å². The molecule has 5 rings (SSSR count). The molecule has 9 heteroatoms. The Kier molecular flexibility index (Phi) is 10.1.